The zero-order valence-corrected chi connectivity index (χ0v) is 13.5. The van der Waals surface area contributed by atoms with Crippen LogP contribution < -0.4 is 0 Å². The molecule has 0 N–H and O–H groups in total. The number of esters is 2. The Hall–Kier alpha value is -1.26. The van der Waals surface area contributed by atoms with E-state index in [0.717, 1.165) is 5.56 Å². The van der Waals surface area contributed by atoms with E-state index in [1.54, 1.807) is 32.0 Å². The molecular formula is C15H18Cl2O4. The smallest absolute Gasteiger partial charge is 0.306 e. The third kappa shape index (κ3) is 5.94. The number of rotatable bonds is 7. The highest BCUT2D eigenvalue weighted by Gasteiger charge is 2.21. The lowest BCUT2D eigenvalue weighted by Crippen LogP contribution is -2.15. The minimum atomic E-state index is -0.363. The van der Waals surface area contributed by atoms with Gasteiger partial charge < -0.3 is 9.47 Å². The summed E-state index contributed by atoms with van der Waals surface area (Å²) < 4.78 is 9.88. The average molecular weight is 333 g/mol. The van der Waals surface area contributed by atoms with Crippen molar-refractivity contribution in [2.75, 3.05) is 13.2 Å². The predicted molar refractivity (Wildman–Crippen MR) is 81.7 cm³/mol. The molecule has 0 amide bonds. The Morgan fingerprint density at radius 2 is 1.52 bits per heavy atom. The fourth-order valence-electron chi connectivity index (χ4n) is 1.92. The molecule has 21 heavy (non-hydrogen) atoms. The van der Waals surface area contributed by atoms with Crippen molar-refractivity contribution in [2.45, 2.75) is 32.6 Å². The van der Waals surface area contributed by atoms with E-state index < -0.39 is 0 Å². The Bertz CT molecular complexity index is 482. The number of ether oxygens (including phenoxy) is 2. The number of carbonyl (C=O) groups excluding carboxylic acids is 2. The van der Waals surface area contributed by atoms with Crippen LogP contribution in [0, 0.1) is 0 Å². The number of halogens is 2. The molecule has 0 aliphatic rings. The first kappa shape index (κ1) is 17.8. The fraction of sp³-hybridized carbons (Fsp3) is 0.467. The number of hydrogen-bond acceptors (Lipinski definition) is 4. The second-order valence-corrected chi connectivity index (χ2v) is 5.20. The molecule has 1 rings (SSSR count). The quantitative estimate of drug-likeness (QED) is 0.708. The van der Waals surface area contributed by atoms with Crippen LogP contribution in [0.15, 0.2) is 18.2 Å². The van der Waals surface area contributed by atoms with E-state index in [0.29, 0.717) is 23.3 Å². The second-order valence-electron chi connectivity index (χ2n) is 4.39. The Morgan fingerprint density at radius 1 is 1.00 bits per heavy atom. The summed E-state index contributed by atoms with van der Waals surface area (Å²) in [6, 6.07) is 5.05. The molecule has 1 aromatic rings. The minimum absolute atomic E-state index is 0.0879. The SMILES string of the molecule is CCOC(=O)CC(CC(=O)OCC)c1ccc(Cl)c(Cl)c1. The van der Waals surface area contributed by atoms with Crippen molar-refractivity contribution in [2.24, 2.45) is 0 Å². The second kappa shape index (κ2) is 8.90. The third-order valence-corrected chi connectivity index (χ3v) is 3.59. The van der Waals surface area contributed by atoms with Gasteiger partial charge in [0, 0.05) is 5.92 Å². The van der Waals surface area contributed by atoms with Gasteiger partial charge in [0.25, 0.3) is 0 Å². The Morgan fingerprint density at radius 3 is 1.95 bits per heavy atom. The Labute approximate surface area is 134 Å². The average Bonchev–Trinajstić information content (AvgIpc) is 2.41. The Balaban J connectivity index is 2.91. The van der Waals surface area contributed by atoms with Gasteiger partial charge in [0.15, 0.2) is 0 Å². The van der Waals surface area contributed by atoms with Crippen LogP contribution in [0.3, 0.4) is 0 Å². The topological polar surface area (TPSA) is 52.6 Å². The van der Waals surface area contributed by atoms with Crippen LogP contribution in [0.1, 0.15) is 38.2 Å². The molecule has 0 saturated carbocycles. The maximum absolute atomic E-state index is 11.7. The highest BCUT2D eigenvalue weighted by molar-refractivity contribution is 6.42. The molecular weight excluding hydrogens is 315 g/mol. The van der Waals surface area contributed by atoms with Crippen molar-refractivity contribution >= 4 is 35.1 Å². The van der Waals surface area contributed by atoms with E-state index in [-0.39, 0.29) is 30.7 Å². The first-order chi connectivity index (χ1) is 9.97. The van der Waals surface area contributed by atoms with Gasteiger partial charge in [-0.2, -0.15) is 0 Å². The van der Waals surface area contributed by atoms with Gasteiger partial charge in [0.2, 0.25) is 0 Å². The highest BCUT2D eigenvalue weighted by Crippen LogP contribution is 2.30. The molecule has 0 unspecified atom stereocenters. The molecule has 6 heteroatoms. The van der Waals surface area contributed by atoms with Crippen molar-refractivity contribution in [3.8, 4) is 0 Å². The van der Waals surface area contributed by atoms with Gasteiger partial charge in [-0.15, -0.1) is 0 Å². The van der Waals surface area contributed by atoms with E-state index in [1.165, 1.54) is 0 Å². The first-order valence-electron chi connectivity index (χ1n) is 6.74. The van der Waals surface area contributed by atoms with E-state index in [1.807, 2.05) is 0 Å². The lowest BCUT2D eigenvalue weighted by molar-refractivity contribution is -0.145. The summed E-state index contributed by atoms with van der Waals surface area (Å²) >= 11 is 11.9. The molecule has 0 aliphatic heterocycles. The van der Waals surface area contributed by atoms with Crippen LogP contribution in [0.2, 0.25) is 10.0 Å². The van der Waals surface area contributed by atoms with Crippen molar-refractivity contribution in [1.82, 2.24) is 0 Å². The van der Waals surface area contributed by atoms with Crippen LogP contribution >= 0.6 is 23.2 Å². The summed E-state index contributed by atoms with van der Waals surface area (Å²) in [4.78, 5) is 23.4. The van der Waals surface area contributed by atoms with Gasteiger partial charge >= 0.3 is 11.9 Å². The monoisotopic (exact) mass is 332 g/mol. The van der Waals surface area contributed by atoms with E-state index in [9.17, 15) is 9.59 Å². The maximum Gasteiger partial charge on any atom is 0.306 e. The molecule has 0 aliphatic carbocycles. The van der Waals surface area contributed by atoms with Crippen LogP contribution in [-0.4, -0.2) is 25.2 Å². The highest BCUT2D eigenvalue weighted by atomic mass is 35.5. The van der Waals surface area contributed by atoms with Crippen LogP contribution in [0.25, 0.3) is 0 Å². The molecule has 1 aromatic carbocycles. The number of hydrogen-bond donors (Lipinski definition) is 0. The molecule has 0 fully saturated rings. The third-order valence-electron chi connectivity index (χ3n) is 2.85. The molecule has 0 radical (unpaired) electrons. The molecule has 0 bridgehead atoms. The van der Waals surface area contributed by atoms with Crippen LogP contribution in [0.4, 0.5) is 0 Å². The van der Waals surface area contributed by atoms with Crippen molar-refractivity contribution in [3.63, 3.8) is 0 Å². The Kier molecular flexibility index (Phi) is 7.54. The fourth-order valence-corrected chi connectivity index (χ4v) is 2.22. The van der Waals surface area contributed by atoms with Gasteiger partial charge in [-0.25, -0.2) is 0 Å². The predicted octanol–water partition coefficient (Wildman–Crippen LogP) is 3.98. The molecule has 0 aromatic heterocycles. The van der Waals surface area contributed by atoms with E-state index >= 15 is 0 Å². The number of carbonyl (C=O) groups is 2. The van der Waals surface area contributed by atoms with Gasteiger partial charge in [0.1, 0.15) is 0 Å². The van der Waals surface area contributed by atoms with Crippen molar-refractivity contribution in [3.05, 3.63) is 33.8 Å². The summed E-state index contributed by atoms with van der Waals surface area (Å²) in [7, 11) is 0. The number of benzene rings is 1. The van der Waals surface area contributed by atoms with Crippen molar-refractivity contribution < 1.29 is 19.1 Å². The summed E-state index contributed by atoms with van der Waals surface area (Å²) in [5, 5.41) is 0.804. The molecule has 116 valence electrons. The summed E-state index contributed by atoms with van der Waals surface area (Å²) in [6.07, 6.45) is 0.176. The van der Waals surface area contributed by atoms with Crippen molar-refractivity contribution in [1.29, 1.82) is 0 Å². The van der Waals surface area contributed by atoms with E-state index in [2.05, 4.69) is 0 Å². The normalized spacial score (nSPS) is 10.5. The van der Waals surface area contributed by atoms with Gasteiger partial charge in [0.05, 0.1) is 36.1 Å². The van der Waals surface area contributed by atoms with E-state index in [4.69, 9.17) is 32.7 Å². The summed E-state index contributed by atoms with van der Waals surface area (Å²) in [5.41, 5.74) is 0.755. The molecule has 0 heterocycles. The lowest BCUT2D eigenvalue weighted by atomic mass is 9.92. The van der Waals surface area contributed by atoms with Crippen LogP contribution in [0.5, 0.6) is 0 Å². The maximum atomic E-state index is 11.7. The zero-order valence-electron chi connectivity index (χ0n) is 12.0. The largest absolute Gasteiger partial charge is 0.466 e. The summed E-state index contributed by atoms with van der Waals surface area (Å²) in [6.45, 7) is 4.06. The minimum Gasteiger partial charge on any atom is -0.466 e. The molecule has 0 saturated heterocycles. The standard InChI is InChI=1S/C15H18Cl2O4/c1-3-20-14(18)8-11(9-15(19)21-4-2)10-5-6-12(16)13(17)7-10/h5-7,11H,3-4,8-9H2,1-2H3. The first-order valence-corrected chi connectivity index (χ1v) is 7.49. The van der Waals surface area contributed by atoms with Gasteiger partial charge in [-0.1, -0.05) is 29.3 Å². The van der Waals surface area contributed by atoms with Crippen LogP contribution in [-0.2, 0) is 19.1 Å². The van der Waals surface area contributed by atoms with Gasteiger partial charge in [-0.3, -0.25) is 9.59 Å². The molecule has 0 spiro atoms. The van der Waals surface area contributed by atoms with Gasteiger partial charge in [-0.05, 0) is 31.5 Å². The molecule has 4 nitrogen and oxygen atoms in total. The lowest BCUT2D eigenvalue weighted by Gasteiger charge is -2.16. The zero-order chi connectivity index (χ0) is 15.8. The summed E-state index contributed by atoms with van der Waals surface area (Å²) in [5.74, 6) is -1.08. The molecule has 0 atom stereocenters.